The van der Waals surface area contributed by atoms with Crippen molar-refractivity contribution in [3.8, 4) is 17.2 Å². The third kappa shape index (κ3) is 7.42. The molecule has 0 aliphatic heterocycles. The Morgan fingerprint density at radius 2 is 1.50 bits per heavy atom. The van der Waals surface area contributed by atoms with Crippen LogP contribution in [0.5, 0.6) is 17.2 Å². The summed E-state index contributed by atoms with van der Waals surface area (Å²) in [6.45, 7) is 9.81. The minimum absolute atomic E-state index is 0.241. The van der Waals surface area contributed by atoms with E-state index in [4.69, 9.17) is 21.7 Å². The predicted molar refractivity (Wildman–Crippen MR) is 121 cm³/mol. The number of ether oxygens (including phenoxy) is 2. The summed E-state index contributed by atoms with van der Waals surface area (Å²) in [5.41, 5.74) is -0.752. The number of thiocarbonyl (C=S) groups is 1. The van der Waals surface area contributed by atoms with Gasteiger partial charge >= 0.3 is 6.18 Å². The van der Waals surface area contributed by atoms with Crippen LogP contribution in [0.1, 0.15) is 12.5 Å². The van der Waals surface area contributed by atoms with E-state index in [1.807, 2.05) is 0 Å². The molecule has 2 aromatic rings. The maximum Gasteiger partial charge on any atom is 0.416 e. The van der Waals surface area contributed by atoms with Gasteiger partial charge in [-0.1, -0.05) is 12.2 Å². The van der Waals surface area contributed by atoms with Gasteiger partial charge in [-0.05, 0) is 67.7 Å². The smallest absolute Gasteiger partial charge is 0.416 e. The number of carbonyl (C=O) groups is 1. The number of rotatable bonds is 9. The first-order valence-corrected chi connectivity index (χ1v) is 9.98. The van der Waals surface area contributed by atoms with E-state index in [1.54, 1.807) is 48.2 Å². The molecule has 0 spiro atoms. The number of benzene rings is 2. The van der Waals surface area contributed by atoms with Gasteiger partial charge in [0, 0.05) is 13.1 Å². The van der Waals surface area contributed by atoms with Gasteiger partial charge in [0.1, 0.15) is 17.2 Å². The molecule has 0 heterocycles. The van der Waals surface area contributed by atoms with E-state index in [9.17, 15) is 18.0 Å². The van der Waals surface area contributed by atoms with Gasteiger partial charge in [-0.25, -0.2) is 0 Å². The molecule has 0 bridgehead atoms. The fourth-order valence-electron chi connectivity index (χ4n) is 2.53. The Morgan fingerprint density at radius 3 is 1.97 bits per heavy atom. The Bertz CT molecular complexity index is 934. The number of alkyl halides is 3. The normalized spacial score (nSPS) is 11.8. The number of nitrogens with zero attached hydrogens (tertiary/aromatic N) is 1. The highest BCUT2D eigenvalue weighted by Gasteiger charge is 2.30. The van der Waals surface area contributed by atoms with Crippen LogP contribution in [0, 0.1) is 0 Å². The Morgan fingerprint density at radius 1 is 1.03 bits per heavy atom. The average molecular weight is 465 g/mol. The zero-order valence-corrected chi connectivity index (χ0v) is 18.2. The highest BCUT2D eigenvalue weighted by Crippen LogP contribution is 2.31. The molecule has 0 radical (unpaired) electrons. The van der Waals surface area contributed by atoms with Crippen molar-refractivity contribution in [2.24, 2.45) is 0 Å². The summed E-state index contributed by atoms with van der Waals surface area (Å²) in [7, 11) is 0. The fraction of sp³-hybridized carbons (Fsp3) is 0.217. The van der Waals surface area contributed by atoms with Crippen molar-refractivity contribution in [2.45, 2.75) is 19.2 Å². The SMILES string of the molecule is C=CCN(CC=C)C(=S)NC(=O)C(C)Oc1ccc(Oc2ccc(C(F)(F)F)cc2)cc1. The van der Waals surface area contributed by atoms with Crippen molar-refractivity contribution in [1.82, 2.24) is 10.2 Å². The molecule has 0 aliphatic rings. The Labute approximate surface area is 190 Å². The standard InChI is InChI=1S/C23H23F3N2O3S/c1-4-14-28(15-5-2)22(32)27-21(29)16(3)30-18-10-12-20(13-11-18)31-19-8-6-17(7-9-19)23(24,25)26/h4-13,16H,1-2,14-15H2,3H3,(H,27,29,32). The molecule has 0 aliphatic carbocycles. The summed E-state index contributed by atoms with van der Waals surface area (Å²) in [6.07, 6.45) is -1.91. The van der Waals surface area contributed by atoms with Crippen LogP contribution in [0.4, 0.5) is 13.2 Å². The van der Waals surface area contributed by atoms with Crippen LogP contribution in [0.25, 0.3) is 0 Å². The molecule has 0 fully saturated rings. The second-order valence-electron chi connectivity index (χ2n) is 6.63. The molecule has 0 saturated heterocycles. The molecule has 170 valence electrons. The minimum atomic E-state index is -4.40. The maximum absolute atomic E-state index is 12.6. The highest BCUT2D eigenvalue weighted by molar-refractivity contribution is 7.80. The van der Waals surface area contributed by atoms with E-state index in [1.165, 1.54) is 12.1 Å². The largest absolute Gasteiger partial charge is 0.481 e. The van der Waals surface area contributed by atoms with E-state index < -0.39 is 23.8 Å². The molecule has 0 aromatic heterocycles. The summed E-state index contributed by atoms with van der Waals surface area (Å²) >= 11 is 5.24. The molecule has 5 nitrogen and oxygen atoms in total. The number of halogens is 3. The third-order valence-electron chi connectivity index (χ3n) is 4.14. The van der Waals surface area contributed by atoms with Crippen LogP contribution in [0.3, 0.4) is 0 Å². The predicted octanol–water partition coefficient (Wildman–Crippen LogP) is 5.34. The second kappa shape index (κ2) is 11.3. The third-order valence-corrected chi connectivity index (χ3v) is 4.50. The van der Waals surface area contributed by atoms with E-state index in [-0.39, 0.29) is 10.9 Å². The molecule has 32 heavy (non-hydrogen) atoms. The van der Waals surface area contributed by atoms with Crippen molar-refractivity contribution in [2.75, 3.05) is 13.1 Å². The van der Waals surface area contributed by atoms with Crippen LogP contribution >= 0.6 is 12.2 Å². The molecule has 1 amide bonds. The van der Waals surface area contributed by atoms with Crippen LogP contribution < -0.4 is 14.8 Å². The molecule has 1 N–H and O–H groups in total. The minimum Gasteiger partial charge on any atom is -0.481 e. The van der Waals surface area contributed by atoms with E-state index in [0.29, 0.717) is 24.6 Å². The van der Waals surface area contributed by atoms with Crippen LogP contribution in [0.2, 0.25) is 0 Å². The van der Waals surface area contributed by atoms with Crippen molar-refractivity contribution in [1.29, 1.82) is 0 Å². The fourth-order valence-corrected chi connectivity index (χ4v) is 2.78. The zero-order valence-electron chi connectivity index (χ0n) is 17.4. The van der Waals surface area contributed by atoms with E-state index in [0.717, 1.165) is 12.1 Å². The summed E-state index contributed by atoms with van der Waals surface area (Å²) in [5, 5.41) is 2.86. The van der Waals surface area contributed by atoms with Crippen molar-refractivity contribution >= 4 is 23.2 Å². The number of hydrogen-bond acceptors (Lipinski definition) is 4. The summed E-state index contributed by atoms with van der Waals surface area (Å²) in [6, 6.07) is 10.7. The number of hydrogen-bond donors (Lipinski definition) is 1. The second-order valence-corrected chi connectivity index (χ2v) is 7.02. The molecular weight excluding hydrogens is 441 g/mol. The number of nitrogens with one attached hydrogen (secondary N) is 1. The van der Waals surface area contributed by atoms with Crippen molar-refractivity contribution < 1.29 is 27.4 Å². The molecule has 9 heteroatoms. The first-order chi connectivity index (χ1) is 15.1. The summed E-state index contributed by atoms with van der Waals surface area (Å²) < 4.78 is 49.1. The Kier molecular flexibility index (Phi) is 8.83. The zero-order chi connectivity index (χ0) is 23.7. The van der Waals surface area contributed by atoms with Crippen LogP contribution in [0.15, 0.2) is 73.8 Å². The number of carbonyl (C=O) groups excluding carboxylic acids is 1. The molecule has 2 aromatic carbocycles. The lowest BCUT2D eigenvalue weighted by Crippen LogP contribution is -2.47. The quantitative estimate of drug-likeness (QED) is 0.401. The van der Waals surface area contributed by atoms with Gasteiger partial charge in [0.25, 0.3) is 5.91 Å². The Hall–Kier alpha value is -3.33. The van der Waals surface area contributed by atoms with Gasteiger partial charge in [-0.15, -0.1) is 13.2 Å². The average Bonchev–Trinajstić information content (AvgIpc) is 2.74. The van der Waals surface area contributed by atoms with Gasteiger partial charge in [-0.3, -0.25) is 10.1 Å². The highest BCUT2D eigenvalue weighted by atomic mass is 32.1. The topological polar surface area (TPSA) is 50.8 Å². The van der Waals surface area contributed by atoms with Gasteiger partial charge in [0.15, 0.2) is 11.2 Å². The first kappa shape index (κ1) is 24.9. The maximum atomic E-state index is 12.6. The van der Waals surface area contributed by atoms with Gasteiger partial charge in [0.2, 0.25) is 0 Å². The van der Waals surface area contributed by atoms with Crippen molar-refractivity contribution in [3.05, 3.63) is 79.4 Å². The molecule has 0 saturated carbocycles. The molecule has 1 unspecified atom stereocenters. The Balaban J connectivity index is 1.92. The summed E-state index contributed by atoms with van der Waals surface area (Å²) in [4.78, 5) is 14.1. The van der Waals surface area contributed by atoms with Crippen LogP contribution in [-0.2, 0) is 11.0 Å². The van der Waals surface area contributed by atoms with E-state index >= 15 is 0 Å². The van der Waals surface area contributed by atoms with Gasteiger partial charge in [0.05, 0.1) is 5.56 Å². The summed E-state index contributed by atoms with van der Waals surface area (Å²) in [5.74, 6) is 0.655. The molecule has 1 atom stereocenters. The monoisotopic (exact) mass is 464 g/mol. The van der Waals surface area contributed by atoms with Gasteiger partial charge in [-0.2, -0.15) is 13.2 Å². The van der Waals surface area contributed by atoms with Gasteiger partial charge < -0.3 is 14.4 Å². The lowest BCUT2D eigenvalue weighted by atomic mass is 10.2. The molecule has 2 rings (SSSR count). The van der Waals surface area contributed by atoms with Crippen LogP contribution in [-0.4, -0.2) is 35.1 Å². The lowest BCUT2D eigenvalue weighted by Gasteiger charge is -2.23. The molecular formula is C23H23F3N2O3S. The first-order valence-electron chi connectivity index (χ1n) is 9.57. The number of amides is 1. The van der Waals surface area contributed by atoms with E-state index in [2.05, 4.69) is 18.5 Å². The lowest BCUT2D eigenvalue weighted by molar-refractivity contribution is -0.137. The van der Waals surface area contributed by atoms with Crippen molar-refractivity contribution in [3.63, 3.8) is 0 Å².